The van der Waals surface area contributed by atoms with E-state index in [1.54, 1.807) is 0 Å². The van der Waals surface area contributed by atoms with E-state index in [9.17, 15) is 13.6 Å². The molecule has 1 heterocycles. The number of likely N-dealkylation sites (tertiary alicyclic amines) is 1. The fraction of sp³-hybridized carbons (Fsp3) is 0.900. The van der Waals surface area contributed by atoms with Gasteiger partial charge in [0, 0.05) is 19.9 Å². The van der Waals surface area contributed by atoms with Gasteiger partial charge in [0.15, 0.2) is 0 Å². The molecule has 0 aromatic carbocycles. The van der Waals surface area contributed by atoms with Crippen molar-refractivity contribution in [2.24, 2.45) is 5.41 Å². The molecule has 5 heteroatoms. The molecule has 1 saturated carbocycles. The van der Waals surface area contributed by atoms with Gasteiger partial charge in [0.1, 0.15) is 6.61 Å². The minimum absolute atomic E-state index is 0.147. The fourth-order valence-electron chi connectivity index (χ4n) is 1.96. The summed E-state index contributed by atoms with van der Waals surface area (Å²) in [6, 6.07) is 0. The van der Waals surface area contributed by atoms with Crippen molar-refractivity contribution in [1.82, 2.24) is 4.90 Å². The predicted molar refractivity (Wildman–Crippen MR) is 49.7 cm³/mol. The first kappa shape index (κ1) is 10.8. The Morgan fingerprint density at radius 3 is 2.40 bits per heavy atom. The Hall–Kier alpha value is -0.710. The quantitative estimate of drug-likeness (QED) is 0.667. The van der Waals surface area contributed by atoms with Crippen molar-refractivity contribution < 1.29 is 18.3 Å². The highest BCUT2D eigenvalue weighted by atomic mass is 19.3. The van der Waals surface area contributed by atoms with Crippen molar-refractivity contribution in [3.05, 3.63) is 0 Å². The summed E-state index contributed by atoms with van der Waals surface area (Å²) < 4.78 is 31.1. The molecule has 1 saturated heterocycles. The number of rotatable bonds is 4. The number of ether oxygens (including phenoxy) is 1. The van der Waals surface area contributed by atoms with Gasteiger partial charge in [-0.25, -0.2) is 8.78 Å². The maximum atomic E-state index is 13.2. The van der Waals surface area contributed by atoms with E-state index >= 15 is 0 Å². The van der Waals surface area contributed by atoms with Crippen LogP contribution in [0.25, 0.3) is 0 Å². The molecule has 0 aromatic rings. The third-order valence-corrected chi connectivity index (χ3v) is 3.24. The van der Waals surface area contributed by atoms with E-state index in [0.29, 0.717) is 6.54 Å². The Balaban J connectivity index is 1.90. The smallest absolute Gasteiger partial charge is 0.302 e. The van der Waals surface area contributed by atoms with Crippen molar-refractivity contribution in [3.63, 3.8) is 0 Å². The lowest BCUT2D eigenvalue weighted by molar-refractivity contribution is -0.144. The summed E-state index contributed by atoms with van der Waals surface area (Å²) in [7, 11) is 0. The van der Waals surface area contributed by atoms with Gasteiger partial charge in [0.2, 0.25) is 0 Å². The molecule has 0 unspecified atom stereocenters. The van der Waals surface area contributed by atoms with Crippen LogP contribution in [0.15, 0.2) is 0 Å². The molecule has 0 bridgehead atoms. The fourth-order valence-corrected chi connectivity index (χ4v) is 1.96. The van der Waals surface area contributed by atoms with Crippen molar-refractivity contribution >= 4 is 5.97 Å². The Morgan fingerprint density at radius 2 is 2.07 bits per heavy atom. The maximum Gasteiger partial charge on any atom is 0.302 e. The standard InChI is InChI=1S/C10H15F2NO2/c1-8(14)15-7-9(5-10(9,11)12)6-13-3-2-4-13/h2-7H2,1H3/t9-/m1/s1. The molecule has 2 rings (SSSR count). The van der Waals surface area contributed by atoms with Gasteiger partial charge in [0.05, 0.1) is 5.41 Å². The van der Waals surface area contributed by atoms with Crippen LogP contribution in [-0.4, -0.2) is 43.0 Å². The molecule has 0 spiro atoms. The maximum absolute atomic E-state index is 13.2. The van der Waals surface area contributed by atoms with Gasteiger partial charge in [-0.05, 0) is 19.5 Å². The molecule has 1 aliphatic carbocycles. The molecule has 2 fully saturated rings. The largest absolute Gasteiger partial charge is 0.465 e. The van der Waals surface area contributed by atoms with Crippen LogP contribution in [0.5, 0.6) is 0 Å². The summed E-state index contributed by atoms with van der Waals surface area (Å²) in [6.45, 7) is 3.23. The minimum atomic E-state index is -2.65. The summed E-state index contributed by atoms with van der Waals surface area (Å²) >= 11 is 0. The van der Waals surface area contributed by atoms with Gasteiger partial charge < -0.3 is 9.64 Å². The average molecular weight is 219 g/mol. The number of hydrogen-bond donors (Lipinski definition) is 0. The highest BCUT2D eigenvalue weighted by Crippen LogP contribution is 2.61. The SMILES string of the molecule is CC(=O)OC[C@]1(CN2CCC2)CC1(F)F. The second-order valence-electron chi connectivity index (χ2n) is 4.57. The molecule has 0 N–H and O–H groups in total. The number of hydrogen-bond acceptors (Lipinski definition) is 3. The van der Waals surface area contributed by atoms with Crippen LogP contribution in [0.2, 0.25) is 0 Å². The first-order valence-electron chi connectivity index (χ1n) is 5.19. The van der Waals surface area contributed by atoms with E-state index in [-0.39, 0.29) is 13.0 Å². The zero-order valence-electron chi connectivity index (χ0n) is 8.76. The molecular formula is C10H15F2NO2. The van der Waals surface area contributed by atoms with Gasteiger partial charge >= 0.3 is 5.97 Å². The molecule has 0 aromatic heterocycles. The van der Waals surface area contributed by atoms with E-state index in [1.807, 2.05) is 4.90 Å². The van der Waals surface area contributed by atoms with E-state index in [1.165, 1.54) is 6.92 Å². The van der Waals surface area contributed by atoms with Crippen LogP contribution in [0.1, 0.15) is 19.8 Å². The molecule has 15 heavy (non-hydrogen) atoms. The van der Waals surface area contributed by atoms with E-state index in [0.717, 1.165) is 19.5 Å². The summed E-state index contributed by atoms with van der Waals surface area (Å²) in [5.41, 5.74) is -1.10. The van der Waals surface area contributed by atoms with Crippen LogP contribution in [0, 0.1) is 5.41 Å². The molecule has 86 valence electrons. The normalized spacial score (nSPS) is 33.3. The van der Waals surface area contributed by atoms with Crippen molar-refractivity contribution in [1.29, 1.82) is 0 Å². The van der Waals surface area contributed by atoms with Crippen molar-refractivity contribution in [2.75, 3.05) is 26.2 Å². The molecule has 2 aliphatic rings. The monoisotopic (exact) mass is 219 g/mol. The zero-order chi connectivity index (χ0) is 11.1. The summed E-state index contributed by atoms with van der Waals surface area (Å²) in [5.74, 6) is -3.14. The Labute approximate surface area is 87.4 Å². The molecule has 0 amide bonds. The van der Waals surface area contributed by atoms with E-state index in [2.05, 4.69) is 0 Å². The number of nitrogens with zero attached hydrogens (tertiary/aromatic N) is 1. The average Bonchev–Trinajstić information content (AvgIpc) is 2.59. The van der Waals surface area contributed by atoms with Crippen LogP contribution >= 0.6 is 0 Å². The van der Waals surface area contributed by atoms with Gasteiger partial charge in [0.25, 0.3) is 5.92 Å². The summed E-state index contributed by atoms with van der Waals surface area (Å²) in [6.07, 6.45) is 0.930. The van der Waals surface area contributed by atoms with Crippen LogP contribution < -0.4 is 0 Å². The van der Waals surface area contributed by atoms with Crippen LogP contribution in [0.4, 0.5) is 8.78 Å². The highest BCUT2D eigenvalue weighted by molar-refractivity contribution is 5.66. The van der Waals surface area contributed by atoms with Crippen LogP contribution in [0.3, 0.4) is 0 Å². The predicted octanol–water partition coefficient (Wildman–Crippen LogP) is 1.28. The number of carbonyl (C=O) groups is 1. The number of carbonyl (C=O) groups excluding carboxylic acids is 1. The molecule has 0 radical (unpaired) electrons. The molecular weight excluding hydrogens is 204 g/mol. The van der Waals surface area contributed by atoms with Gasteiger partial charge in [-0.15, -0.1) is 0 Å². The molecule has 1 atom stereocenters. The van der Waals surface area contributed by atoms with Gasteiger partial charge in [-0.1, -0.05) is 0 Å². The molecule has 1 aliphatic heterocycles. The lowest BCUT2D eigenvalue weighted by Gasteiger charge is -2.34. The zero-order valence-corrected chi connectivity index (χ0v) is 8.76. The van der Waals surface area contributed by atoms with Crippen LogP contribution in [-0.2, 0) is 9.53 Å². The Bertz CT molecular complexity index is 279. The third kappa shape index (κ3) is 1.97. The highest BCUT2D eigenvalue weighted by Gasteiger charge is 2.72. The first-order chi connectivity index (χ1) is 6.95. The van der Waals surface area contributed by atoms with Crippen molar-refractivity contribution in [2.45, 2.75) is 25.7 Å². The Kier molecular flexibility index (Phi) is 2.45. The first-order valence-corrected chi connectivity index (χ1v) is 5.19. The van der Waals surface area contributed by atoms with Crippen molar-refractivity contribution in [3.8, 4) is 0 Å². The second kappa shape index (κ2) is 3.40. The Morgan fingerprint density at radius 1 is 1.47 bits per heavy atom. The number of alkyl halides is 2. The topological polar surface area (TPSA) is 29.5 Å². The van der Waals surface area contributed by atoms with E-state index < -0.39 is 17.3 Å². The molecule has 3 nitrogen and oxygen atoms in total. The minimum Gasteiger partial charge on any atom is -0.465 e. The van der Waals surface area contributed by atoms with Gasteiger partial charge in [-0.2, -0.15) is 0 Å². The third-order valence-electron chi connectivity index (χ3n) is 3.24. The second-order valence-corrected chi connectivity index (χ2v) is 4.57. The lowest BCUT2D eigenvalue weighted by Crippen LogP contribution is -2.44. The summed E-state index contributed by atoms with van der Waals surface area (Å²) in [4.78, 5) is 12.6. The van der Waals surface area contributed by atoms with E-state index in [4.69, 9.17) is 4.74 Å². The number of esters is 1. The number of halogens is 2. The lowest BCUT2D eigenvalue weighted by atomic mass is 10.0. The van der Waals surface area contributed by atoms with Gasteiger partial charge in [-0.3, -0.25) is 4.79 Å². The summed E-state index contributed by atoms with van der Waals surface area (Å²) in [5, 5.41) is 0.